The van der Waals surface area contributed by atoms with E-state index in [1.165, 1.54) is 0 Å². The number of nitrogens with zero attached hydrogens (tertiary/aromatic N) is 3. The van der Waals surface area contributed by atoms with Gasteiger partial charge in [0.2, 0.25) is 0 Å². The maximum atomic E-state index is 11.2. The topological polar surface area (TPSA) is 57.0 Å². The molecule has 1 aromatic carbocycles. The molecule has 0 N–H and O–H groups in total. The van der Waals surface area contributed by atoms with Gasteiger partial charge in [-0.05, 0) is 23.8 Å². The van der Waals surface area contributed by atoms with Crippen LogP contribution < -0.4 is 4.90 Å². The Bertz CT molecular complexity index is 652. The van der Waals surface area contributed by atoms with Crippen LogP contribution in [0.5, 0.6) is 0 Å². The zero-order valence-corrected chi connectivity index (χ0v) is 12.1. The summed E-state index contributed by atoms with van der Waals surface area (Å²) in [5, 5.41) is 9.33. The summed E-state index contributed by atoms with van der Waals surface area (Å²) in [7, 11) is 0. The zero-order chi connectivity index (χ0) is 15.1. The van der Waals surface area contributed by atoms with Gasteiger partial charge in [0.15, 0.2) is 6.29 Å². The first-order chi connectivity index (χ1) is 10.3. The highest BCUT2D eigenvalue weighted by Gasteiger charge is 2.15. The Morgan fingerprint density at radius 1 is 1.33 bits per heavy atom. The molecule has 5 heteroatoms. The zero-order valence-electron chi connectivity index (χ0n) is 11.4. The molecule has 0 aliphatic carbocycles. The molecule has 2 rings (SSSR count). The molecule has 2 aromatic rings. The fourth-order valence-electron chi connectivity index (χ4n) is 2.13. The Hall–Kier alpha value is -2.38. The van der Waals surface area contributed by atoms with Gasteiger partial charge in [-0.25, -0.2) is 0 Å². The van der Waals surface area contributed by atoms with Crippen molar-refractivity contribution in [1.82, 2.24) is 4.98 Å². The van der Waals surface area contributed by atoms with Crippen LogP contribution in [0.2, 0.25) is 5.02 Å². The van der Waals surface area contributed by atoms with E-state index >= 15 is 0 Å². The van der Waals surface area contributed by atoms with Crippen LogP contribution in [-0.4, -0.2) is 17.8 Å². The maximum Gasteiger partial charge on any atom is 0.152 e. The molecule has 0 saturated carbocycles. The molecule has 1 aromatic heterocycles. The van der Waals surface area contributed by atoms with Crippen molar-refractivity contribution in [2.24, 2.45) is 0 Å². The minimum atomic E-state index is 0.351. The third kappa shape index (κ3) is 3.80. The van der Waals surface area contributed by atoms with Gasteiger partial charge >= 0.3 is 0 Å². The minimum absolute atomic E-state index is 0.351. The van der Waals surface area contributed by atoms with Crippen LogP contribution in [0.3, 0.4) is 0 Å². The van der Waals surface area contributed by atoms with E-state index in [4.69, 9.17) is 16.9 Å². The van der Waals surface area contributed by atoms with Gasteiger partial charge in [-0.1, -0.05) is 23.7 Å². The number of carbonyl (C=O) groups is 1. The lowest BCUT2D eigenvalue weighted by Crippen LogP contribution is -2.25. The highest BCUT2D eigenvalue weighted by Crippen LogP contribution is 2.30. The molecule has 0 fully saturated rings. The van der Waals surface area contributed by atoms with Gasteiger partial charge in [-0.15, -0.1) is 0 Å². The summed E-state index contributed by atoms with van der Waals surface area (Å²) in [5.41, 5.74) is 2.17. The number of para-hydroxylation sites is 1. The second-order valence-corrected chi connectivity index (χ2v) is 4.89. The molecule has 4 nitrogen and oxygen atoms in total. The smallest absolute Gasteiger partial charge is 0.152 e. The lowest BCUT2D eigenvalue weighted by atomic mass is 10.1. The standard InChI is InChI=1S/C16H14ClN3O/c17-15-6-1-5-14(12-21)16(15)20(9-3-7-18)11-13-4-2-8-19-10-13/h1-2,4-6,8,10,12H,3,9,11H2. The number of hydrogen-bond acceptors (Lipinski definition) is 4. The summed E-state index contributed by atoms with van der Waals surface area (Å²) < 4.78 is 0. The van der Waals surface area contributed by atoms with E-state index < -0.39 is 0 Å². The highest BCUT2D eigenvalue weighted by atomic mass is 35.5. The fourth-order valence-corrected chi connectivity index (χ4v) is 2.43. The van der Waals surface area contributed by atoms with Crippen LogP contribution in [0.25, 0.3) is 0 Å². The number of rotatable bonds is 6. The summed E-state index contributed by atoms with van der Waals surface area (Å²) >= 11 is 6.25. The number of aldehydes is 1. The number of anilines is 1. The van der Waals surface area contributed by atoms with Crippen molar-refractivity contribution in [2.75, 3.05) is 11.4 Å². The molecule has 0 radical (unpaired) electrons. The van der Waals surface area contributed by atoms with E-state index in [1.807, 2.05) is 17.0 Å². The molecule has 0 saturated heterocycles. The third-order valence-corrected chi connectivity index (χ3v) is 3.36. The van der Waals surface area contributed by atoms with Gasteiger partial charge in [0.05, 0.1) is 23.2 Å². The van der Waals surface area contributed by atoms with E-state index in [9.17, 15) is 4.79 Å². The molecule has 1 heterocycles. The Balaban J connectivity index is 2.36. The maximum absolute atomic E-state index is 11.2. The van der Waals surface area contributed by atoms with Crippen LogP contribution in [0.4, 0.5) is 5.69 Å². The lowest BCUT2D eigenvalue weighted by Gasteiger charge is -2.26. The SMILES string of the molecule is N#CCCN(Cc1cccnc1)c1c(Cl)cccc1C=O. The summed E-state index contributed by atoms with van der Waals surface area (Å²) in [6, 6.07) is 11.1. The molecule has 0 aliphatic heterocycles. The lowest BCUT2D eigenvalue weighted by molar-refractivity contribution is 0.112. The van der Waals surface area contributed by atoms with Gasteiger partial charge in [0, 0.05) is 31.0 Å². The predicted molar refractivity (Wildman–Crippen MR) is 82.4 cm³/mol. The van der Waals surface area contributed by atoms with E-state index in [0.717, 1.165) is 11.8 Å². The molecule has 0 atom stereocenters. The van der Waals surface area contributed by atoms with Crippen molar-refractivity contribution in [3.63, 3.8) is 0 Å². The van der Waals surface area contributed by atoms with Crippen LogP contribution in [0.1, 0.15) is 22.3 Å². The largest absolute Gasteiger partial charge is 0.364 e. The van der Waals surface area contributed by atoms with Gasteiger partial charge in [-0.2, -0.15) is 5.26 Å². The van der Waals surface area contributed by atoms with Crippen molar-refractivity contribution < 1.29 is 4.79 Å². The fraction of sp³-hybridized carbons (Fsp3) is 0.188. The first kappa shape index (κ1) is 15.0. The molecular weight excluding hydrogens is 286 g/mol. The normalized spacial score (nSPS) is 9.90. The van der Waals surface area contributed by atoms with E-state index in [1.54, 1.807) is 30.6 Å². The molecule has 21 heavy (non-hydrogen) atoms. The number of halogens is 1. The Morgan fingerprint density at radius 2 is 2.19 bits per heavy atom. The predicted octanol–water partition coefficient (Wildman–Crippen LogP) is 3.47. The average Bonchev–Trinajstić information content (AvgIpc) is 2.52. The molecule has 106 valence electrons. The molecular formula is C16H14ClN3O. The number of hydrogen-bond donors (Lipinski definition) is 0. The Kier molecular flexibility index (Phi) is 5.30. The van der Waals surface area contributed by atoms with Gasteiger partial charge in [0.25, 0.3) is 0 Å². The third-order valence-electron chi connectivity index (χ3n) is 3.05. The molecule has 0 amide bonds. The number of benzene rings is 1. The number of nitriles is 1. The van der Waals surface area contributed by atoms with Crippen molar-refractivity contribution in [3.8, 4) is 6.07 Å². The van der Waals surface area contributed by atoms with Gasteiger partial charge in [-0.3, -0.25) is 9.78 Å². The van der Waals surface area contributed by atoms with E-state index in [2.05, 4.69) is 11.1 Å². The van der Waals surface area contributed by atoms with Crippen LogP contribution in [0, 0.1) is 11.3 Å². The minimum Gasteiger partial charge on any atom is -0.364 e. The quantitative estimate of drug-likeness (QED) is 0.766. The van der Waals surface area contributed by atoms with Crippen LogP contribution in [0.15, 0.2) is 42.7 Å². The van der Waals surface area contributed by atoms with Gasteiger partial charge in [0.1, 0.15) is 0 Å². The number of aromatic nitrogens is 1. The van der Waals surface area contributed by atoms with Crippen molar-refractivity contribution in [1.29, 1.82) is 5.26 Å². The summed E-state index contributed by atoms with van der Waals surface area (Å²) in [6.45, 7) is 1.04. The summed E-state index contributed by atoms with van der Waals surface area (Å²) in [4.78, 5) is 17.3. The van der Waals surface area contributed by atoms with E-state index in [-0.39, 0.29) is 0 Å². The highest BCUT2D eigenvalue weighted by molar-refractivity contribution is 6.33. The van der Waals surface area contributed by atoms with Crippen LogP contribution >= 0.6 is 11.6 Å². The number of pyridine rings is 1. The average molecular weight is 300 g/mol. The first-order valence-electron chi connectivity index (χ1n) is 6.50. The Morgan fingerprint density at radius 3 is 2.86 bits per heavy atom. The first-order valence-corrected chi connectivity index (χ1v) is 6.88. The van der Waals surface area contributed by atoms with Crippen molar-refractivity contribution in [2.45, 2.75) is 13.0 Å². The monoisotopic (exact) mass is 299 g/mol. The second kappa shape index (κ2) is 7.41. The Labute approximate surface area is 128 Å². The van der Waals surface area contributed by atoms with E-state index in [0.29, 0.717) is 35.8 Å². The second-order valence-electron chi connectivity index (χ2n) is 4.49. The van der Waals surface area contributed by atoms with Crippen molar-refractivity contribution in [3.05, 3.63) is 58.9 Å². The van der Waals surface area contributed by atoms with Gasteiger partial charge < -0.3 is 4.90 Å². The molecule has 0 aliphatic rings. The summed E-state index contributed by atoms with van der Waals surface area (Å²) in [5.74, 6) is 0. The molecule has 0 unspecified atom stereocenters. The number of carbonyl (C=O) groups excluding carboxylic acids is 1. The molecule has 0 bridgehead atoms. The van der Waals surface area contributed by atoms with Crippen molar-refractivity contribution >= 4 is 23.6 Å². The summed E-state index contributed by atoms with van der Waals surface area (Å²) in [6.07, 6.45) is 4.60. The van der Waals surface area contributed by atoms with Crippen LogP contribution in [-0.2, 0) is 6.54 Å². The molecule has 0 spiro atoms.